The maximum Gasteiger partial charge on any atom is 0.272 e. The van der Waals surface area contributed by atoms with E-state index in [-0.39, 0.29) is 12.5 Å². The summed E-state index contributed by atoms with van der Waals surface area (Å²) in [4.78, 5) is 17.6. The third-order valence-electron chi connectivity index (χ3n) is 3.07. The Bertz CT molecular complexity index is 626. The van der Waals surface area contributed by atoms with Crippen molar-refractivity contribution in [2.75, 3.05) is 25.1 Å². The van der Waals surface area contributed by atoms with Gasteiger partial charge in [0.25, 0.3) is 5.91 Å². The average Bonchev–Trinajstić information content (AvgIpc) is 2.56. The molecule has 0 spiro atoms. The van der Waals surface area contributed by atoms with Gasteiger partial charge < -0.3 is 10.0 Å². The Morgan fingerprint density at radius 1 is 1.36 bits per heavy atom. The Labute approximate surface area is 129 Å². The number of aromatic nitrogens is 1. The molecule has 0 radical (unpaired) electrons. The topological polar surface area (TPSA) is 77.8 Å². The van der Waals surface area contributed by atoms with Crippen molar-refractivity contribution in [3.63, 3.8) is 0 Å². The molecule has 2 aromatic rings. The van der Waals surface area contributed by atoms with E-state index in [1.165, 1.54) is 6.20 Å². The number of anilines is 1. The molecule has 22 heavy (non-hydrogen) atoms. The molecule has 0 fully saturated rings. The first-order chi connectivity index (χ1) is 10.7. The number of aliphatic hydroxyl groups is 1. The second-order valence-electron chi connectivity index (χ2n) is 4.68. The number of amides is 1. The molecule has 1 aromatic carbocycles. The van der Waals surface area contributed by atoms with Gasteiger partial charge in [-0.25, -0.2) is 5.43 Å². The fraction of sp³-hybridized carbons (Fsp3) is 0.188. The molecule has 0 aliphatic rings. The molecule has 6 nitrogen and oxygen atoms in total. The van der Waals surface area contributed by atoms with Crippen LogP contribution in [-0.2, 0) is 0 Å². The fourth-order valence-corrected chi connectivity index (χ4v) is 1.82. The molecule has 0 aliphatic heterocycles. The van der Waals surface area contributed by atoms with Crippen molar-refractivity contribution < 1.29 is 9.90 Å². The molecule has 0 saturated carbocycles. The van der Waals surface area contributed by atoms with E-state index in [9.17, 15) is 4.79 Å². The number of likely N-dealkylation sites (N-methyl/N-ethyl adjacent to an activating group) is 1. The van der Waals surface area contributed by atoms with Gasteiger partial charge in [0, 0.05) is 31.7 Å². The minimum Gasteiger partial charge on any atom is -0.395 e. The lowest BCUT2D eigenvalue weighted by Gasteiger charge is -2.17. The van der Waals surface area contributed by atoms with Gasteiger partial charge in [0.2, 0.25) is 0 Å². The summed E-state index contributed by atoms with van der Waals surface area (Å²) in [6.45, 7) is 0.689. The van der Waals surface area contributed by atoms with Gasteiger partial charge in [0.1, 0.15) is 0 Å². The molecule has 0 unspecified atom stereocenters. The zero-order chi connectivity index (χ0) is 15.8. The van der Waals surface area contributed by atoms with Crippen molar-refractivity contribution >= 4 is 17.8 Å². The molecular formula is C16H18N4O2. The predicted molar refractivity (Wildman–Crippen MR) is 86.1 cm³/mol. The van der Waals surface area contributed by atoms with Gasteiger partial charge in [-0.05, 0) is 29.8 Å². The molecule has 0 atom stereocenters. The fourth-order valence-electron chi connectivity index (χ4n) is 1.82. The molecule has 1 amide bonds. The lowest BCUT2D eigenvalue weighted by Crippen LogP contribution is -2.20. The summed E-state index contributed by atoms with van der Waals surface area (Å²) in [7, 11) is 1.91. The molecule has 1 heterocycles. The van der Waals surface area contributed by atoms with Crippen LogP contribution in [0.1, 0.15) is 15.9 Å². The van der Waals surface area contributed by atoms with Crippen LogP contribution in [0.4, 0.5) is 5.69 Å². The monoisotopic (exact) mass is 298 g/mol. The second kappa shape index (κ2) is 7.90. The summed E-state index contributed by atoms with van der Waals surface area (Å²) in [5.74, 6) is -0.302. The van der Waals surface area contributed by atoms with E-state index in [0.717, 1.165) is 11.3 Å². The van der Waals surface area contributed by atoms with Gasteiger partial charge in [0.15, 0.2) is 0 Å². The van der Waals surface area contributed by atoms with E-state index in [0.29, 0.717) is 12.1 Å². The number of aliphatic hydroxyl groups excluding tert-OH is 1. The number of hydrogen-bond donors (Lipinski definition) is 2. The van der Waals surface area contributed by atoms with Gasteiger partial charge in [-0.2, -0.15) is 5.10 Å². The number of benzene rings is 1. The Balaban J connectivity index is 1.92. The lowest BCUT2D eigenvalue weighted by atomic mass is 10.2. The molecule has 114 valence electrons. The molecule has 2 rings (SSSR count). The largest absolute Gasteiger partial charge is 0.395 e. The Morgan fingerprint density at radius 2 is 2.14 bits per heavy atom. The van der Waals surface area contributed by atoms with Crippen LogP contribution in [0.5, 0.6) is 0 Å². The van der Waals surface area contributed by atoms with Crippen molar-refractivity contribution in [3.05, 3.63) is 59.9 Å². The summed E-state index contributed by atoms with van der Waals surface area (Å²) in [5, 5.41) is 12.8. The number of nitrogens with one attached hydrogen (secondary N) is 1. The highest BCUT2D eigenvalue weighted by Gasteiger charge is 2.02. The maximum absolute atomic E-state index is 11.8. The molecule has 0 aliphatic carbocycles. The summed E-state index contributed by atoms with van der Waals surface area (Å²) in [6.07, 6.45) is 4.66. The first-order valence-electron chi connectivity index (χ1n) is 6.86. The Morgan fingerprint density at radius 3 is 2.77 bits per heavy atom. The molecular weight excluding hydrogens is 280 g/mol. The number of carbonyl (C=O) groups is 1. The summed E-state index contributed by atoms with van der Waals surface area (Å²) < 4.78 is 0. The normalized spacial score (nSPS) is 10.6. The highest BCUT2D eigenvalue weighted by molar-refractivity contribution is 5.94. The van der Waals surface area contributed by atoms with Crippen LogP contribution in [0.2, 0.25) is 0 Å². The first kappa shape index (κ1) is 15.7. The molecule has 0 bridgehead atoms. The van der Waals surface area contributed by atoms with Crippen LogP contribution in [-0.4, -0.2) is 42.4 Å². The van der Waals surface area contributed by atoms with Crippen LogP contribution in [0.3, 0.4) is 0 Å². The van der Waals surface area contributed by atoms with Gasteiger partial charge in [0.05, 0.1) is 18.4 Å². The third-order valence-corrected chi connectivity index (χ3v) is 3.07. The van der Waals surface area contributed by atoms with Crippen molar-refractivity contribution in [3.8, 4) is 0 Å². The summed E-state index contributed by atoms with van der Waals surface area (Å²) in [6, 6.07) is 11.0. The zero-order valence-electron chi connectivity index (χ0n) is 12.3. The quantitative estimate of drug-likeness (QED) is 0.622. The van der Waals surface area contributed by atoms with E-state index in [2.05, 4.69) is 15.5 Å². The lowest BCUT2D eigenvalue weighted by molar-refractivity contribution is 0.0955. The van der Waals surface area contributed by atoms with Crippen molar-refractivity contribution in [1.82, 2.24) is 10.4 Å². The minimum atomic E-state index is -0.302. The smallest absolute Gasteiger partial charge is 0.272 e. The SMILES string of the molecule is CN(CCO)c1ccc(/C=N/NC(=O)c2cccnc2)cc1. The zero-order valence-corrected chi connectivity index (χ0v) is 12.3. The first-order valence-corrected chi connectivity index (χ1v) is 6.86. The standard InChI is InChI=1S/C16H18N4O2/c1-20(9-10-21)15-6-4-13(5-7-15)11-18-19-16(22)14-3-2-8-17-12-14/h2-8,11-12,21H,9-10H2,1H3,(H,19,22)/b18-11+. The van der Waals surface area contributed by atoms with Crippen LogP contribution < -0.4 is 10.3 Å². The molecule has 0 saturated heterocycles. The van der Waals surface area contributed by atoms with Crippen molar-refractivity contribution in [2.45, 2.75) is 0 Å². The van der Waals surface area contributed by atoms with E-state index in [4.69, 9.17) is 5.11 Å². The van der Waals surface area contributed by atoms with E-state index in [1.54, 1.807) is 24.5 Å². The van der Waals surface area contributed by atoms with Crippen LogP contribution in [0, 0.1) is 0 Å². The van der Waals surface area contributed by atoms with E-state index in [1.807, 2.05) is 36.2 Å². The van der Waals surface area contributed by atoms with E-state index < -0.39 is 0 Å². The highest BCUT2D eigenvalue weighted by Crippen LogP contribution is 2.12. The minimum absolute atomic E-state index is 0.111. The molecule has 6 heteroatoms. The van der Waals surface area contributed by atoms with Crippen LogP contribution in [0.25, 0.3) is 0 Å². The van der Waals surface area contributed by atoms with Gasteiger partial charge >= 0.3 is 0 Å². The number of carbonyl (C=O) groups excluding carboxylic acids is 1. The average molecular weight is 298 g/mol. The number of hydrazone groups is 1. The highest BCUT2D eigenvalue weighted by atomic mass is 16.3. The van der Waals surface area contributed by atoms with Gasteiger partial charge in [-0.15, -0.1) is 0 Å². The summed E-state index contributed by atoms with van der Waals surface area (Å²) in [5.41, 5.74) is 4.78. The Kier molecular flexibility index (Phi) is 5.62. The Hall–Kier alpha value is -2.73. The maximum atomic E-state index is 11.8. The predicted octanol–water partition coefficient (Wildman–Crippen LogP) is 1.27. The van der Waals surface area contributed by atoms with Crippen LogP contribution in [0.15, 0.2) is 53.9 Å². The number of nitrogens with zero attached hydrogens (tertiary/aromatic N) is 3. The number of hydrogen-bond acceptors (Lipinski definition) is 5. The summed E-state index contributed by atoms with van der Waals surface area (Å²) >= 11 is 0. The van der Waals surface area contributed by atoms with E-state index >= 15 is 0 Å². The molecule has 1 aromatic heterocycles. The molecule has 2 N–H and O–H groups in total. The number of pyridine rings is 1. The van der Waals surface area contributed by atoms with Gasteiger partial charge in [-0.1, -0.05) is 12.1 Å². The van der Waals surface area contributed by atoms with Gasteiger partial charge in [-0.3, -0.25) is 9.78 Å². The second-order valence-corrected chi connectivity index (χ2v) is 4.68. The van der Waals surface area contributed by atoms with Crippen molar-refractivity contribution in [2.24, 2.45) is 5.10 Å². The van der Waals surface area contributed by atoms with Crippen molar-refractivity contribution in [1.29, 1.82) is 0 Å². The third kappa shape index (κ3) is 4.39. The number of rotatable bonds is 6. The van der Waals surface area contributed by atoms with Crippen LogP contribution >= 0.6 is 0 Å².